The summed E-state index contributed by atoms with van der Waals surface area (Å²) in [5.74, 6) is 6.25. The number of thiophene rings is 1. The Morgan fingerprint density at radius 1 is 1.67 bits per heavy atom. The highest BCUT2D eigenvalue weighted by Gasteiger charge is 2.31. The quantitative estimate of drug-likeness (QED) is 0.636. The van der Waals surface area contributed by atoms with Gasteiger partial charge in [-0.3, -0.25) is 11.3 Å². The molecule has 1 aromatic heterocycles. The average Bonchev–Trinajstić information content (AvgIpc) is 2.78. The van der Waals surface area contributed by atoms with Crippen LogP contribution in [0.3, 0.4) is 0 Å². The summed E-state index contributed by atoms with van der Waals surface area (Å²) >= 11 is 5.16. The van der Waals surface area contributed by atoms with Crippen molar-refractivity contribution in [1.82, 2.24) is 5.43 Å². The summed E-state index contributed by atoms with van der Waals surface area (Å²) in [6, 6.07) is 2.51. The molecule has 2 rings (SSSR count). The lowest BCUT2D eigenvalue weighted by atomic mass is 10.1. The van der Waals surface area contributed by atoms with Crippen LogP contribution in [0.25, 0.3) is 0 Å². The number of nitrogens with one attached hydrogen (secondary N) is 1. The van der Waals surface area contributed by atoms with Gasteiger partial charge in [-0.2, -0.15) is 0 Å². The molecule has 0 bridgehead atoms. The van der Waals surface area contributed by atoms with Gasteiger partial charge in [0.2, 0.25) is 0 Å². The minimum Gasteiger partial charge on any atom is -0.271 e. The van der Waals surface area contributed by atoms with Crippen LogP contribution in [-0.4, -0.2) is 0 Å². The lowest BCUT2D eigenvalue weighted by molar-refractivity contribution is 0.498. The summed E-state index contributed by atoms with van der Waals surface area (Å²) in [6.45, 7) is 0. The molecule has 1 unspecified atom stereocenters. The van der Waals surface area contributed by atoms with E-state index >= 15 is 0 Å². The standard InChI is InChI=1S/C8H11BrN2S/c9-7-3-6(4-12-7)8(11-10)5-1-2-5/h3-5,8,11H,1-2,10H2. The molecule has 2 nitrogen and oxygen atoms in total. The van der Waals surface area contributed by atoms with E-state index in [4.69, 9.17) is 5.84 Å². The molecular formula is C8H11BrN2S. The molecule has 1 saturated carbocycles. The van der Waals surface area contributed by atoms with Gasteiger partial charge in [0.05, 0.1) is 3.79 Å². The van der Waals surface area contributed by atoms with Crippen LogP contribution in [0.15, 0.2) is 15.2 Å². The Morgan fingerprint density at radius 3 is 2.83 bits per heavy atom. The number of rotatable bonds is 3. The highest BCUT2D eigenvalue weighted by atomic mass is 79.9. The van der Waals surface area contributed by atoms with Gasteiger partial charge in [-0.25, -0.2) is 0 Å². The first-order chi connectivity index (χ1) is 5.81. The Bertz CT molecular complexity index is 270. The van der Waals surface area contributed by atoms with Gasteiger partial charge in [0, 0.05) is 6.04 Å². The van der Waals surface area contributed by atoms with Crippen molar-refractivity contribution in [3.63, 3.8) is 0 Å². The number of hydrogen-bond donors (Lipinski definition) is 2. The molecule has 3 N–H and O–H groups in total. The summed E-state index contributed by atoms with van der Waals surface area (Å²) in [5, 5.41) is 2.16. The van der Waals surface area contributed by atoms with Crippen LogP contribution in [-0.2, 0) is 0 Å². The summed E-state index contributed by atoms with van der Waals surface area (Å²) < 4.78 is 1.18. The molecule has 0 spiro atoms. The van der Waals surface area contributed by atoms with Crippen LogP contribution in [0, 0.1) is 5.92 Å². The van der Waals surface area contributed by atoms with Crippen molar-refractivity contribution >= 4 is 27.3 Å². The Balaban J connectivity index is 2.15. The fourth-order valence-electron chi connectivity index (χ4n) is 1.42. The van der Waals surface area contributed by atoms with Crippen molar-refractivity contribution in [3.8, 4) is 0 Å². The maximum absolute atomic E-state index is 5.49. The molecule has 0 aromatic carbocycles. The molecule has 4 heteroatoms. The van der Waals surface area contributed by atoms with E-state index < -0.39 is 0 Å². The third-order valence-corrected chi connectivity index (χ3v) is 3.74. The fraction of sp³-hybridized carbons (Fsp3) is 0.500. The van der Waals surface area contributed by atoms with E-state index in [2.05, 4.69) is 32.8 Å². The molecule has 0 amide bonds. The maximum Gasteiger partial charge on any atom is 0.0701 e. The maximum atomic E-state index is 5.49. The van der Waals surface area contributed by atoms with Gasteiger partial charge < -0.3 is 0 Å². The van der Waals surface area contributed by atoms with Gasteiger partial charge in [-0.15, -0.1) is 11.3 Å². The van der Waals surface area contributed by atoms with Gasteiger partial charge in [0.25, 0.3) is 0 Å². The largest absolute Gasteiger partial charge is 0.271 e. The van der Waals surface area contributed by atoms with E-state index in [1.54, 1.807) is 11.3 Å². The molecule has 1 fully saturated rings. The summed E-state index contributed by atoms with van der Waals surface area (Å²) in [6.07, 6.45) is 2.62. The van der Waals surface area contributed by atoms with Crippen LogP contribution in [0.4, 0.5) is 0 Å². The van der Waals surface area contributed by atoms with Gasteiger partial charge in [-0.05, 0) is 51.7 Å². The Kier molecular flexibility index (Phi) is 2.50. The minimum absolute atomic E-state index is 0.368. The molecule has 0 aliphatic heterocycles. The van der Waals surface area contributed by atoms with Crippen molar-refractivity contribution in [1.29, 1.82) is 0 Å². The molecule has 0 radical (unpaired) electrons. The normalized spacial score (nSPS) is 19.5. The van der Waals surface area contributed by atoms with E-state index in [1.165, 1.54) is 22.2 Å². The molecule has 1 aromatic rings. The van der Waals surface area contributed by atoms with Crippen LogP contribution < -0.4 is 11.3 Å². The first-order valence-corrected chi connectivity index (χ1v) is 5.68. The van der Waals surface area contributed by atoms with Gasteiger partial charge in [0.15, 0.2) is 0 Å². The lowest BCUT2D eigenvalue weighted by Crippen LogP contribution is -2.29. The van der Waals surface area contributed by atoms with E-state index in [-0.39, 0.29) is 0 Å². The molecule has 1 heterocycles. The summed E-state index contributed by atoms with van der Waals surface area (Å²) in [7, 11) is 0. The van der Waals surface area contributed by atoms with Crippen LogP contribution in [0.5, 0.6) is 0 Å². The fourth-order valence-corrected chi connectivity index (χ4v) is 2.63. The molecule has 0 saturated heterocycles. The zero-order valence-corrected chi connectivity index (χ0v) is 8.99. The Morgan fingerprint density at radius 2 is 2.42 bits per heavy atom. The predicted octanol–water partition coefficient (Wildman–Crippen LogP) is 2.43. The summed E-state index contributed by atoms with van der Waals surface area (Å²) in [5.41, 5.74) is 4.20. The van der Waals surface area contributed by atoms with Crippen LogP contribution in [0.2, 0.25) is 0 Å². The van der Waals surface area contributed by atoms with Crippen molar-refractivity contribution in [2.45, 2.75) is 18.9 Å². The monoisotopic (exact) mass is 246 g/mol. The summed E-state index contributed by atoms with van der Waals surface area (Å²) in [4.78, 5) is 0. The first-order valence-electron chi connectivity index (χ1n) is 4.01. The highest BCUT2D eigenvalue weighted by molar-refractivity contribution is 9.11. The topological polar surface area (TPSA) is 38.0 Å². The smallest absolute Gasteiger partial charge is 0.0701 e. The van der Waals surface area contributed by atoms with Crippen LogP contribution in [0.1, 0.15) is 24.4 Å². The second-order valence-electron chi connectivity index (χ2n) is 3.17. The highest BCUT2D eigenvalue weighted by Crippen LogP contribution is 2.42. The third kappa shape index (κ3) is 1.71. The van der Waals surface area contributed by atoms with Crippen molar-refractivity contribution in [2.75, 3.05) is 0 Å². The predicted molar refractivity (Wildman–Crippen MR) is 54.8 cm³/mol. The van der Waals surface area contributed by atoms with E-state index in [1.807, 2.05) is 0 Å². The number of hydrogen-bond acceptors (Lipinski definition) is 3. The molecule has 1 atom stereocenters. The van der Waals surface area contributed by atoms with Crippen molar-refractivity contribution in [3.05, 3.63) is 20.8 Å². The number of halogens is 1. The van der Waals surface area contributed by atoms with Crippen LogP contribution >= 0.6 is 27.3 Å². The Labute approximate surface area is 84.3 Å². The molecule has 1 aliphatic rings. The minimum atomic E-state index is 0.368. The molecule has 12 heavy (non-hydrogen) atoms. The number of nitrogens with two attached hydrogens (primary N) is 1. The zero-order chi connectivity index (χ0) is 8.55. The van der Waals surface area contributed by atoms with Crippen molar-refractivity contribution in [2.24, 2.45) is 11.8 Å². The van der Waals surface area contributed by atoms with E-state index in [9.17, 15) is 0 Å². The molecular weight excluding hydrogens is 236 g/mol. The Hall–Kier alpha value is 0.100. The van der Waals surface area contributed by atoms with Gasteiger partial charge in [-0.1, -0.05) is 0 Å². The lowest BCUT2D eigenvalue weighted by Gasteiger charge is -2.12. The van der Waals surface area contributed by atoms with Gasteiger partial charge >= 0.3 is 0 Å². The average molecular weight is 247 g/mol. The second kappa shape index (κ2) is 3.46. The molecule has 66 valence electrons. The first kappa shape index (κ1) is 8.69. The SMILES string of the molecule is NNC(c1csc(Br)c1)C1CC1. The number of hydrazine groups is 1. The second-order valence-corrected chi connectivity index (χ2v) is 5.46. The van der Waals surface area contributed by atoms with E-state index in [0.717, 1.165) is 5.92 Å². The van der Waals surface area contributed by atoms with Gasteiger partial charge in [0.1, 0.15) is 0 Å². The zero-order valence-electron chi connectivity index (χ0n) is 6.59. The van der Waals surface area contributed by atoms with E-state index in [0.29, 0.717) is 6.04 Å². The molecule has 1 aliphatic carbocycles. The van der Waals surface area contributed by atoms with Crippen molar-refractivity contribution < 1.29 is 0 Å². The third-order valence-electron chi connectivity index (χ3n) is 2.22.